The molecule has 0 saturated heterocycles. The highest BCUT2D eigenvalue weighted by Crippen LogP contribution is 2.38. The van der Waals surface area contributed by atoms with Crippen LogP contribution >= 0.6 is 23.4 Å². The van der Waals surface area contributed by atoms with E-state index in [0.717, 1.165) is 28.8 Å². The molecular formula is C20H16ClF3N2O4S. The Morgan fingerprint density at radius 1 is 1.26 bits per heavy atom. The normalized spacial score (nSPS) is 16.7. The number of carbonyl (C=O) groups is 3. The van der Waals surface area contributed by atoms with Crippen LogP contribution in [0.4, 0.5) is 24.5 Å². The second kappa shape index (κ2) is 9.19. The summed E-state index contributed by atoms with van der Waals surface area (Å²) in [5.41, 5.74) is -0.931. The Morgan fingerprint density at radius 3 is 2.68 bits per heavy atom. The van der Waals surface area contributed by atoms with E-state index in [1.165, 1.54) is 19.1 Å². The van der Waals surface area contributed by atoms with E-state index < -0.39 is 46.6 Å². The second-order valence-electron chi connectivity index (χ2n) is 6.61. The molecule has 0 radical (unpaired) electrons. The molecule has 2 aromatic carbocycles. The van der Waals surface area contributed by atoms with E-state index in [2.05, 4.69) is 10.6 Å². The van der Waals surface area contributed by atoms with Gasteiger partial charge in [-0.3, -0.25) is 14.4 Å². The molecular weight excluding hydrogens is 457 g/mol. The van der Waals surface area contributed by atoms with Gasteiger partial charge < -0.3 is 15.4 Å². The van der Waals surface area contributed by atoms with Crippen LogP contribution in [0.5, 0.6) is 0 Å². The topological polar surface area (TPSA) is 84.5 Å². The van der Waals surface area contributed by atoms with Crippen molar-refractivity contribution in [1.29, 1.82) is 0 Å². The maximum Gasteiger partial charge on any atom is 0.418 e. The van der Waals surface area contributed by atoms with Crippen molar-refractivity contribution >= 4 is 52.5 Å². The fourth-order valence-electron chi connectivity index (χ4n) is 2.78. The largest absolute Gasteiger partial charge is 0.452 e. The number of anilines is 2. The Labute approximate surface area is 184 Å². The number of amides is 2. The van der Waals surface area contributed by atoms with Crippen molar-refractivity contribution in [1.82, 2.24) is 0 Å². The summed E-state index contributed by atoms with van der Waals surface area (Å²) in [5.74, 6) is -2.18. The first-order valence-corrected chi connectivity index (χ1v) is 10.2. The highest BCUT2D eigenvalue weighted by Gasteiger charge is 2.34. The van der Waals surface area contributed by atoms with Crippen LogP contribution in [0.25, 0.3) is 0 Å². The van der Waals surface area contributed by atoms with Crippen molar-refractivity contribution in [2.45, 2.75) is 35.8 Å². The highest BCUT2D eigenvalue weighted by molar-refractivity contribution is 8.01. The van der Waals surface area contributed by atoms with Crippen molar-refractivity contribution in [2.75, 3.05) is 10.6 Å². The van der Waals surface area contributed by atoms with Gasteiger partial charge >= 0.3 is 12.1 Å². The smallest absolute Gasteiger partial charge is 0.418 e. The molecule has 6 nitrogen and oxygen atoms in total. The molecule has 0 fully saturated rings. The zero-order valence-electron chi connectivity index (χ0n) is 16.0. The second-order valence-corrected chi connectivity index (χ2v) is 8.29. The fourth-order valence-corrected chi connectivity index (χ4v) is 4.03. The van der Waals surface area contributed by atoms with Crippen molar-refractivity contribution < 1.29 is 32.3 Å². The third-order valence-electron chi connectivity index (χ3n) is 4.28. The number of esters is 1. The van der Waals surface area contributed by atoms with Gasteiger partial charge in [-0.15, -0.1) is 11.8 Å². The molecule has 1 heterocycles. The van der Waals surface area contributed by atoms with Crippen LogP contribution in [0.3, 0.4) is 0 Å². The lowest BCUT2D eigenvalue weighted by Gasteiger charge is -2.24. The Morgan fingerprint density at radius 2 is 1.97 bits per heavy atom. The maximum atomic E-state index is 13.1. The van der Waals surface area contributed by atoms with Crippen LogP contribution in [0.2, 0.25) is 5.02 Å². The molecule has 0 aliphatic carbocycles. The molecule has 2 N–H and O–H groups in total. The number of nitrogens with one attached hydrogen (secondary N) is 2. The number of para-hydroxylation sites is 1. The van der Waals surface area contributed by atoms with Crippen molar-refractivity contribution in [3.05, 3.63) is 53.1 Å². The van der Waals surface area contributed by atoms with Gasteiger partial charge in [0.05, 0.1) is 28.6 Å². The fraction of sp³-hybridized carbons (Fsp3) is 0.250. The zero-order valence-corrected chi connectivity index (χ0v) is 17.5. The summed E-state index contributed by atoms with van der Waals surface area (Å²) in [6.45, 7) is 1.23. The number of thioether (sulfide) groups is 1. The number of ether oxygens (including phenoxy) is 1. The first-order chi connectivity index (χ1) is 14.5. The molecule has 1 aliphatic heterocycles. The van der Waals surface area contributed by atoms with E-state index in [-0.39, 0.29) is 6.42 Å². The lowest BCUT2D eigenvalue weighted by atomic mass is 10.1. The summed E-state index contributed by atoms with van der Waals surface area (Å²) in [6, 6.07) is 9.39. The molecule has 0 bridgehead atoms. The van der Waals surface area contributed by atoms with Crippen LogP contribution in [-0.2, 0) is 25.3 Å². The number of carbonyl (C=O) groups excluding carboxylic acids is 3. The van der Waals surface area contributed by atoms with Crippen LogP contribution in [0.1, 0.15) is 18.9 Å². The van der Waals surface area contributed by atoms with Gasteiger partial charge in [0.1, 0.15) is 0 Å². The predicted molar refractivity (Wildman–Crippen MR) is 110 cm³/mol. The van der Waals surface area contributed by atoms with E-state index in [1.807, 2.05) is 0 Å². The Kier molecular flexibility index (Phi) is 6.80. The Hall–Kier alpha value is -2.72. The van der Waals surface area contributed by atoms with E-state index in [4.69, 9.17) is 16.3 Å². The number of benzene rings is 2. The number of rotatable bonds is 5. The van der Waals surface area contributed by atoms with Gasteiger partial charge in [-0.25, -0.2) is 0 Å². The average molecular weight is 473 g/mol. The molecule has 0 saturated carbocycles. The van der Waals surface area contributed by atoms with Gasteiger partial charge in [0.25, 0.3) is 5.91 Å². The van der Waals surface area contributed by atoms with Gasteiger partial charge in [-0.1, -0.05) is 23.7 Å². The monoisotopic (exact) mass is 472 g/mol. The molecule has 3 rings (SSSR count). The molecule has 2 amide bonds. The number of hydrogen-bond acceptors (Lipinski definition) is 5. The van der Waals surface area contributed by atoms with Gasteiger partial charge in [-0.2, -0.15) is 13.2 Å². The summed E-state index contributed by atoms with van der Waals surface area (Å²) >= 11 is 7.04. The van der Waals surface area contributed by atoms with Crippen molar-refractivity contribution in [2.24, 2.45) is 0 Å². The average Bonchev–Trinajstić information content (AvgIpc) is 2.68. The molecule has 31 heavy (non-hydrogen) atoms. The minimum absolute atomic E-state index is 0.324. The van der Waals surface area contributed by atoms with Gasteiger partial charge in [0.2, 0.25) is 5.91 Å². The minimum atomic E-state index is -4.66. The van der Waals surface area contributed by atoms with E-state index in [9.17, 15) is 27.6 Å². The number of hydrogen-bond donors (Lipinski definition) is 2. The molecule has 2 aromatic rings. The van der Waals surface area contributed by atoms with Gasteiger partial charge in [0.15, 0.2) is 6.10 Å². The van der Waals surface area contributed by atoms with E-state index >= 15 is 0 Å². The van der Waals surface area contributed by atoms with Gasteiger partial charge in [-0.05, 0) is 37.3 Å². The molecule has 11 heteroatoms. The van der Waals surface area contributed by atoms with Crippen LogP contribution in [0.15, 0.2) is 47.4 Å². The highest BCUT2D eigenvalue weighted by atomic mass is 35.5. The summed E-state index contributed by atoms with van der Waals surface area (Å²) in [6.07, 6.45) is -6.35. The summed E-state index contributed by atoms with van der Waals surface area (Å²) in [4.78, 5) is 37.4. The molecule has 0 spiro atoms. The van der Waals surface area contributed by atoms with Crippen LogP contribution in [0, 0.1) is 0 Å². The van der Waals surface area contributed by atoms with E-state index in [1.54, 1.807) is 18.2 Å². The first-order valence-electron chi connectivity index (χ1n) is 8.98. The Bertz CT molecular complexity index is 1030. The lowest BCUT2D eigenvalue weighted by molar-refractivity contribution is -0.153. The van der Waals surface area contributed by atoms with Crippen molar-refractivity contribution in [3.63, 3.8) is 0 Å². The summed E-state index contributed by atoms with van der Waals surface area (Å²) in [7, 11) is 0. The molecule has 2 unspecified atom stereocenters. The third-order valence-corrected chi connectivity index (χ3v) is 5.79. The maximum absolute atomic E-state index is 13.1. The predicted octanol–water partition coefficient (Wildman–Crippen LogP) is 4.73. The zero-order chi connectivity index (χ0) is 22.8. The lowest BCUT2D eigenvalue weighted by Crippen LogP contribution is -2.34. The standard InChI is InChI=1S/C20H16ClF3N2O4S/c1-10(18(28)25-13-5-3-2-4-12(13)20(22,23)24)30-17(27)9-16-19(29)26-14-8-11(21)6-7-15(14)31-16/h2-8,10,16H,9H2,1H3,(H,25,28)(H,26,29). The SMILES string of the molecule is CC(OC(=O)CC1Sc2ccc(Cl)cc2NC1=O)C(=O)Nc1ccccc1C(F)(F)F. The molecule has 1 aliphatic rings. The quantitative estimate of drug-likeness (QED) is 0.614. The van der Waals surface area contributed by atoms with Crippen LogP contribution in [-0.4, -0.2) is 29.1 Å². The number of halogens is 4. The molecule has 164 valence electrons. The van der Waals surface area contributed by atoms with E-state index in [0.29, 0.717) is 10.7 Å². The molecule has 2 atom stereocenters. The first kappa shape index (κ1) is 23.0. The summed E-state index contributed by atoms with van der Waals surface area (Å²) < 4.78 is 44.2. The third kappa shape index (κ3) is 5.71. The summed E-state index contributed by atoms with van der Waals surface area (Å²) in [5, 5.41) is 4.43. The number of alkyl halides is 3. The Balaban J connectivity index is 1.59. The minimum Gasteiger partial charge on any atom is -0.452 e. The number of fused-ring (bicyclic) bond motifs is 1. The van der Waals surface area contributed by atoms with Crippen molar-refractivity contribution in [3.8, 4) is 0 Å². The van der Waals surface area contributed by atoms with Gasteiger partial charge in [0, 0.05) is 9.92 Å². The molecule has 0 aromatic heterocycles. The van der Waals surface area contributed by atoms with Crippen LogP contribution < -0.4 is 10.6 Å².